The number of amides is 1. The van der Waals surface area contributed by atoms with Crippen molar-refractivity contribution in [3.8, 4) is 21.9 Å². The van der Waals surface area contributed by atoms with Crippen LogP contribution in [0.5, 0.6) is 11.5 Å². The standard InChI is InChI=1S/C26H32N2O4S/c1-17-7-9-21(15-18(17)2)25-24(27-19(3)33-25)26(29)28(13-14-30-4)12-11-20-8-10-22(31-5)23(16-20)32-6/h7-10,15-16H,11-14H2,1-6H3. The predicted molar refractivity (Wildman–Crippen MR) is 133 cm³/mol. The van der Waals surface area contributed by atoms with Crippen molar-refractivity contribution in [3.63, 3.8) is 0 Å². The van der Waals surface area contributed by atoms with Crippen molar-refractivity contribution in [2.45, 2.75) is 27.2 Å². The van der Waals surface area contributed by atoms with Crippen molar-refractivity contribution >= 4 is 17.2 Å². The maximum absolute atomic E-state index is 13.6. The van der Waals surface area contributed by atoms with E-state index in [4.69, 9.17) is 14.2 Å². The maximum atomic E-state index is 13.6. The van der Waals surface area contributed by atoms with E-state index in [1.807, 2.05) is 30.0 Å². The molecule has 0 aliphatic rings. The Labute approximate surface area is 200 Å². The highest BCUT2D eigenvalue weighted by Crippen LogP contribution is 2.32. The lowest BCUT2D eigenvalue weighted by atomic mass is 10.0. The molecule has 0 N–H and O–H groups in total. The van der Waals surface area contributed by atoms with E-state index in [2.05, 4.69) is 37.0 Å². The normalized spacial score (nSPS) is 10.8. The van der Waals surface area contributed by atoms with E-state index in [0.717, 1.165) is 21.0 Å². The van der Waals surface area contributed by atoms with Crippen LogP contribution in [0.25, 0.3) is 10.4 Å². The number of carbonyl (C=O) groups is 1. The van der Waals surface area contributed by atoms with E-state index in [-0.39, 0.29) is 5.91 Å². The van der Waals surface area contributed by atoms with E-state index >= 15 is 0 Å². The third-order valence-electron chi connectivity index (χ3n) is 5.68. The molecule has 0 unspecified atom stereocenters. The third-order valence-corrected chi connectivity index (χ3v) is 6.70. The SMILES string of the molecule is COCCN(CCc1ccc(OC)c(OC)c1)C(=O)c1nc(C)sc1-c1ccc(C)c(C)c1. The van der Waals surface area contributed by atoms with Crippen molar-refractivity contribution in [2.75, 3.05) is 41.0 Å². The summed E-state index contributed by atoms with van der Waals surface area (Å²) in [6.07, 6.45) is 0.678. The Morgan fingerprint density at radius 3 is 2.36 bits per heavy atom. The van der Waals surface area contributed by atoms with Gasteiger partial charge in [-0.05, 0) is 61.6 Å². The molecule has 0 radical (unpaired) electrons. The second-order valence-electron chi connectivity index (χ2n) is 7.93. The van der Waals surface area contributed by atoms with Gasteiger partial charge in [-0.15, -0.1) is 11.3 Å². The molecule has 7 heteroatoms. The molecule has 0 spiro atoms. The molecule has 6 nitrogen and oxygen atoms in total. The van der Waals surface area contributed by atoms with Gasteiger partial charge < -0.3 is 19.1 Å². The minimum Gasteiger partial charge on any atom is -0.493 e. The molecule has 33 heavy (non-hydrogen) atoms. The lowest BCUT2D eigenvalue weighted by Crippen LogP contribution is -2.36. The van der Waals surface area contributed by atoms with Gasteiger partial charge in [0.25, 0.3) is 5.91 Å². The van der Waals surface area contributed by atoms with Crippen LogP contribution in [0.4, 0.5) is 0 Å². The van der Waals surface area contributed by atoms with Gasteiger partial charge in [0.15, 0.2) is 11.5 Å². The third kappa shape index (κ3) is 5.92. The van der Waals surface area contributed by atoms with Gasteiger partial charge in [0.05, 0.1) is 30.7 Å². The van der Waals surface area contributed by atoms with Gasteiger partial charge in [-0.2, -0.15) is 0 Å². The Hall–Kier alpha value is -2.90. The van der Waals surface area contributed by atoms with Crippen LogP contribution in [0.2, 0.25) is 0 Å². The van der Waals surface area contributed by atoms with Gasteiger partial charge in [-0.25, -0.2) is 4.98 Å². The summed E-state index contributed by atoms with van der Waals surface area (Å²) in [6.45, 7) is 7.60. The number of aromatic nitrogens is 1. The minimum absolute atomic E-state index is 0.0786. The molecule has 1 amide bonds. The average Bonchev–Trinajstić information content (AvgIpc) is 3.21. The Kier molecular flexibility index (Phi) is 8.47. The van der Waals surface area contributed by atoms with Crippen LogP contribution in [0.15, 0.2) is 36.4 Å². The average molecular weight is 469 g/mol. The van der Waals surface area contributed by atoms with Crippen LogP contribution in [-0.4, -0.2) is 56.8 Å². The first kappa shape index (κ1) is 24.7. The summed E-state index contributed by atoms with van der Waals surface area (Å²) in [7, 11) is 4.88. The fraction of sp³-hybridized carbons (Fsp3) is 0.385. The molecule has 0 aliphatic heterocycles. The summed E-state index contributed by atoms with van der Waals surface area (Å²) in [4.78, 5) is 21.0. The number of nitrogens with zero attached hydrogens (tertiary/aromatic N) is 2. The van der Waals surface area contributed by atoms with Gasteiger partial charge in [-0.3, -0.25) is 4.79 Å². The molecule has 0 saturated heterocycles. The lowest BCUT2D eigenvalue weighted by molar-refractivity contribution is 0.0693. The molecular weight excluding hydrogens is 436 g/mol. The molecule has 0 bridgehead atoms. The van der Waals surface area contributed by atoms with E-state index in [0.29, 0.717) is 43.3 Å². The Balaban J connectivity index is 1.86. The van der Waals surface area contributed by atoms with Crippen LogP contribution >= 0.6 is 11.3 Å². The first-order valence-electron chi connectivity index (χ1n) is 10.9. The van der Waals surface area contributed by atoms with Crippen molar-refractivity contribution in [1.82, 2.24) is 9.88 Å². The maximum Gasteiger partial charge on any atom is 0.274 e. The quantitative estimate of drug-likeness (QED) is 0.415. The molecule has 1 aromatic heterocycles. The smallest absolute Gasteiger partial charge is 0.274 e. The summed E-state index contributed by atoms with van der Waals surface area (Å²) in [5.41, 5.74) is 5.01. The number of methoxy groups -OCH3 is 3. The van der Waals surface area contributed by atoms with Crippen LogP contribution in [0.1, 0.15) is 32.2 Å². The van der Waals surface area contributed by atoms with E-state index in [1.54, 1.807) is 32.7 Å². The minimum atomic E-state index is -0.0786. The zero-order chi connectivity index (χ0) is 24.0. The molecule has 1 heterocycles. The van der Waals surface area contributed by atoms with Gasteiger partial charge in [0.1, 0.15) is 5.69 Å². The topological polar surface area (TPSA) is 60.9 Å². The van der Waals surface area contributed by atoms with Crippen molar-refractivity contribution in [3.05, 3.63) is 63.8 Å². The molecular formula is C26H32N2O4S. The largest absolute Gasteiger partial charge is 0.493 e. The Morgan fingerprint density at radius 1 is 0.939 bits per heavy atom. The first-order valence-corrected chi connectivity index (χ1v) is 11.7. The summed E-state index contributed by atoms with van der Waals surface area (Å²) in [5.74, 6) is 1.28. The zero-order valence-electron chi connectivity index (χ0n) is 20.2. The fourth-order valence-corrected chi connectivity index (χ4v) is 4.52. The molecule has 3 aromatic rings. The number of aryl methyl sites for hydroxylation is 3. The van der Waals surface area contributed by atoms with Crippen molar-refractivity contribution in [1.29, 1.82) is 0 Å². The highest BCUT2D eigenvalue weighted by atomic mass is 32.1. The second-order valence-corrected chi connectivity index (χ2v) is 9.14. The number of hydrogen-bond donors (Lipinski definition) is 0. The molecule has 3 rings (SSSR count). The highest BCUT2D eigenvalue weighted by Gasteiger charge is 2.24. The Morgan fingerprint density at radius 2 is 1.70 bits per heavy atom. The van der Waals surface area contributed by atoms with Crippen molar-refractivity contribution in [2.24, 2.45) is 0 Å². The second kappa shape index (κ2) is 11.3. The molecule has 0 aliphatic carbocycles. The van der Waals surface area contributed by atoms with Crippen LogP contribution in [0.3, 0.4) is 0 Å². The van der Waals surface area contributed by atoms with E-state index in [1.165, 1.54) is 11.1 Å². The summed E-state index contributed by atoms with van der Waals surface area (Å²) in [5, 5.41) is 0.873. The molecule has 2 aromatic carbocycles. The summed E-state index contributed by atoms with van der Waals surface area (Å²) < 4.78 is 16.0. The fourth-order valence-electron chi connectivity index (χ4n) is 3.62. The van der Waals surface area contributed by atoms with Gasteiger partial charge in [-0.1, -0.05) is 24.3 Å². The number of carbonyl (C=O) groups excluding carboxylic acids is 1. The number of rotatable bonds is 10. The van der Waals surface area contributed by atoms with Gasteiger partial charge in [0.2, 0.25) is 0 Å². The highest BCUT2D eigenvalue weighted by molar-refractivity contribution is 7.15. The van der Waals surface area contributed by atoms with E-state index < -0.39 is 0 Å². The predicted octanol–water partition coefficient (Wildman–Crippen LogP) is 5.08. The van der Waals surface area contributed by atoms with Gasteiger partial charge in [0, 0.05) is 20.2 Å². The Bertz CT molecular complexity index is 1110. The van der Waals surface area contributed by atoms with Crippen LogP contribution in [0, 0.1) is 20.8 Å². The molecule has 0 saturated carbocycles. The lowest BCUT2D eigenvalue weighted by Gasteiger charge is -2.22. The van der Waals surface area contributed by atoms with Gasteiger partial charge >= 0.3 is 0 Å². The summed E-state index contributed by atoms with van der Waals surface area (Å²) >= 11 is 1.55. The number of thiazole rings is 1. The van der Waals surface area contributed by atoms with Crippen LogP contribution < -0.4 is 9.47 Å². The first-order chi connectivity index (χ1) is 15.9. The molecule has 0 fully saturated rings. The number of hydrogen-bond acceptors (Lipinski definition) is 6. The number of ether oxygens (including phenoxy) is 3. The van der Waals surface area contributed by atoms with E-state index in [9.17, 15) is 4.79 Å². The monoisotopic (exact) mass is 468 g/mol. The zero-order valence-corrected chi connectivity index (χ0v) is 21.0. The number of benzene rings is 2. The van der Waals surface area contributed by atoms with Crippen molar-refractivity contribution < 1.29 is 19.0 Å². The summed E-state index contributed by atoms with van der Waals surface area (Å²) in [6, 6.07) is 12.1. The van der Waals surface area contributed by atoms with Crippen LogP contribution in [-0.2, 0) is 11.2 Å². The molecule has 176 valence electrons. The molecule has 0 atom stereocenters.